The third-order valence-corrected chi connectivity index (χ3v) is 5.12. The molecule has 0 radical (unpaired) electrons. The highest BCUT2D eigenvalue weighted by Crippen LogP contribution is 2.35. The SMILES string of the molecule is CC1CCC(CCC2CCCc3ccccc32)NC1. The summed E-state index contributed by atoms with van der Waals surface area (Å²) >= 11 is 0. The van der Waals surface area contributed by atoms with Gasteiger partial charge < -0.3 is 5.32 Å². The molecule has 19 heavy (non-hydrogen) atoms. The Morgan fingerprint density at radius 3 is 2.84 bits per heavy atom. The summed E-state index contributed by atoms with van der Waals surface area (Å²) in [7, 11) is 0. The van der Waals surface area contributed by atoms with E-state index in [2.05, 4.69) is 36.5 Å². The van der Waals surface area contributed by atoms with Crippen LogP contribution in [0.3, 0.4) is 0 Å². The first-order valence-corrected chi connectivity index (χ1v) is 8.14. The molecule has 104 valence electrons. The standard InChI is InChI=1S/C18H27N/c1-14-9-11-17(19-13-14)12-10-16-7-4-6-15-5-2-3-8-18(15)16/h2-3,5,8,14,16-17,19H,4,6-7,9-13H2,1H3. The first-order chi connectivity index (χ1) is 9.33. The summed E-state index contributed by atoms with van der Waals surface area (Å²) in [6.45, 7) is 3.59. The van der Waals surface area contributed by atoms with Crippen LogP contribution in [0.15, 0.2) is 24.3 Å². The molecule has 1 fully saturated rings. The Balaban J connectivity index is 1.56. The lowest BCUT2D eigenvalue weighted by atomic mass is 9.79. The molecule has 0 saturated carbocycles. The van der Waals surface area contributed by atoms with E-state index in [-0.39, 0.29) is 0 Å². The van der Waals surface area contributed by atoms with Gasteiger partial charge >= 0.3 is 0 Å². The number of benzene rings is 1. The van der Waals surface area contributed by atoms with E-state index in [1.54, 1.807) is 11.1 Å². The number of aryl methyl sites for hydroxylation is 1. The van der Waals surface area contributed by atoms with Crippen LogP contribution in [0.25, 0.3) is 0 Å². The monoisotopic (exact) mass is 257 g/mol. The van der Waals surface area contributed by atoms with E-state index < -0.39 is 0 Å². The Morgan fingerprint density at radius 2 is 2.00 bits per heavy atom. The number of hydrogen-bond donors (Lipinski definition) is 1. The average Bonchev–Trinajstić information content (AvgIpc) is 2.47. The fraction of sp³-hybridized carbons (Fsp3) is 0.667. The fourth-order valence-electron chi connectivity index (χ4n) is 3.86. The second kappa shape index (κ2) is 6.09. The molecule has 1 aliphatic heterocycles. The third-order valence-electron chi connectivity index (χ3n) is 5.12. The first-order valence-electron chi connectivity index (χ1n) is 8.14. The van der Waals surface area contributed by atoms with Crippen LogP contribution in [0.2, 0.25) is 0 Å². The Bertz CT molecular complexity index is 404. The fourth-order valence-corrected chi connectivity index (χ4v) is 3.86. The van der Waals surface area contributed by atoms with Crippen molar-refractivity contribution in [3.8, 4) is 0 Å². The summed E-state index contributed by atoms with van der Waals surface area (Å²) in [6, 6.07) is 9.91. The van der Waals surface area contributed by atoms with Crippen LogP contribution in [0, 0.1) is 5.92 Å². The lowest BCUT2D eigenvalue weighted by Crippen LogP contribution is -2.38. The predicted octanol–water partition coefficient (Wildman–Crippen LogP) is 4.27. The number of rotatable bonds is 3. The smallest absolute Gasteiger partial charge is 0.00675 e. The Morgan fingerprint density at radius 1 is 1.11 bits per heavy atom. The summed E-state index contributed by atoms with van der Waals surface area (Å²) in [5.74, 6) is 1.71. The molecular formula is C18H27N. The normalized spacial score (nSPS) is 30.9. The molecule has 0 spiro atoms. The molecule has 1 N–H and O–H groups in total. The average molecular weight is 257 g/mol. The van der Waals surface area contributed by atoms with Crippen molar-refractivity contribution >= 4 is 0 Å². The molecule has 1 heterocycles. The molecule has 3 rings (SSSR count). The lowest BCUT2D eigenvalue weighted by molar-refractivity contribution is 0.303. The molecule has 1 heteroatoms. The molecule has 0 amide bonds. The molecule has 0 aromatic heterocycles. The van der Waals surface area contributed by atoms with Gasteiger partial charge in [-0.05, 0) is 74.5 Å². The maximum atomic E-state index is 3.73. The quantitative estimate of drug-likeness (QED) is 0.852. The van der Waals surface area contributed by atoms with Crippen LogP contribution >= 0.6 is 0 Å². The van der Waals surface area contributed by atoms with Gasteiger partial charge in [0.25, 0.3) is 0 Å². The molecule has 1 aromatic rings. The Kier molecular flexibility index (Phi) is 4.22. The Labute approximate surface area is 117 Å². The van der Waals surface area contributed by atoms with Gasteiger partial charge in [0.15, 0.2) is 0 Å². The van der Waals surface area contributed by atoms with Gasteiger partial charge in [-0.3, -0.25) is 0 Å². The minimum atomic E-state index is 0.783. The minimum Gasteiger partial charge on any atom is -0.314 e. The minimum absolute atomic E-state index is 0.783. The van der Waals surface area contributed by atoms with E-state index in [0.717, 1.165) is 17.9 Å². The second-order valence-electron chi connectivity index (χ2n) is 6.65. The van der Waals surface area contributed by atoms with Gasteiger partial charge in [0.1, 0.15) is 0 Å². The van der Waals surface area contributed by atoms with Crippen LogP contribution in [-0.2, 0) is 6.42 Å². The van der Waals surface area contributed by atoms with Crippen LogP contribution in [0.1, 0.15) is 62.5 Å². The third kappa shape index (κ3) is 3.20. The molecule has 1 aliphatic carbocycles. The van der Waals surface area contributed by atoms with Crippen LogP contribution in [0.5, 0.6) is 0 Å². The van der Waals surface area contributed by atoms with Crippen molar-refractivity contribution in [3.63, 3.8) is 0 Å². The van der Waals surface area contributed by atoms with Gasteiger partial charge in [-0.2, -0.15) is 0 Å². The molecule has 1 saturated heterocycles. The Hall–Kier alpha value is -0.820. The van der Waals surface area contributed by atoms with Gasteiger partial charge in [0.2, 0.25) is 0 Å². The molecule has 1 nitrogen and oxygen atoms in total. The van der Waals surface area contributed by atoms with Crippen molar-refractivity contribution < 1.29 is 0 Å². The summed E-state index contributed by atoms with van der Waals surface area (Å²) < 4.78 is 0. The summed E-state index contributed by atoms with van der Waals surface area (Å²) in [5.41, 5.74) is 3.27. The zero-order chi connectivity index (χ0) is 13.1. The predicted molar refractivity (Wildman–Crippen MR) is 81.5 cm³/mol. The van der Waals surface area contributed by atoms with Gasteiger partial charge in [0, 0.05) is 6.04 Å². The van der Waals surface area contributed by atoms with E-state index in [1.165, 1.54) is 51.5 Å². The number of nitrogens with one attached hydrogen (secondary N) is 1. The molecule has 0 bridgehead atoms. The first kappa shape index (κ1) is 13.2. The lowest BCUT2D eigenvalue weighted by Gasteiger charge is -2.31. The van der Waals surface area contributed by atoms with Crippen molar-refractivity contribution in [2.45, 2.75) is 63.8 Å². The van der Waals surface area contributed by atoms with Gasteiger partial charge in [-0.1, -0.05) is 31.2 Å². The number of fused-ring (bicyclic) bond motifs is 1. The topological polar surface area (TPSA) is 12.0 Å². The van der Waals surface area contributed by atoms with Crippen molar-refractivity contribution in [2.24, 2.45) is 5.92 Å². The van der Waals surface area contributed by atoms with Gasteiger partial charge in [-0.25, -0.2) is 0 Å². The summed E-state index contributed by atoms with van der Waals surface area (Å²) in [6.07, 6.45) is 9.63. The molecule has 3 unspecified atom stereocenters. The highest BCUT2D eigenvalue weighted by atomic mass is 14.9. The van der Waals surface area contributed by atoms with Crippen molar-refractivity contribution in [2.75, 3.05) is 6.54 Å². The molecule has 3 atom stereocenters. The van der Waals surface area contributed by atoms with E-state index in [0.29, 0.717) is 0 Å². The maximum absolute atomic E-state index is 3.73. The number of hydrogen-bond acceptors (Lipinski definition) is 1. The van der Waals surface area contributed by atoms with Gasteiger partial charge in [-0.15, -0.1) is 0 Å². The molecular weight excluding hydrogens is 230 g/mol. The molecule has 1 aromatic carbocycles. The van der Waals surface area contributed by atoms with E-state index in [4.69, 9.17) is 0 Å². The molecule has 2 aliphatic rings. The van der Waals surface area contributed by atoms with Crippen LogP contribution < -0.4 is 5.32 Å². The zero-order valence-electron chi connectivity index (χ0n) is 12.2. The van der Waals surface area contributed by atoms with Crippen LogP contribution in [0.4, 0.5) is 0 Å². The van der Waals surface area contributed by atoms with Crippen molar-refractivity contribution in [1.29, 1.82) is 0 Å². The van der Waals surface area contributed by atoms with E-state index in [1.807, 2.05) is 0 Å². The maximum Gasteiger partial charge on any atom is 0.00675 e. The van der Waals surface area contributed by atoms with E-state index in [9.17, 15) is 0 Å². The summed E-state index contributed by atoms with van der Waals surface area (Å²) in [4.78, 5) is 0. The van der Waals surface area contributed by atoms with Crippen molar-refractivity contribution in [1.82, 2.24) is 5.32 Å². The second-order valence-corrected chi connectivity index (χ2v) is 6.65. The van der Waals surface area contributed by atoms with Crippen LogP contribution in [-0.4, -0.2) is 12.6 Å². The largest absolute Gasteiger partial charge is 0.314 e. The highest BCUT2D eigenvalue weighted by molar-refractivity contribution is 5.32. The highest BCUT2D eigenvalue weighted by Gasteiger charge is 2.22. The summed E-state index contributed by atoms with van der Waals surface area (Å²) in [5, 5.41) is 3.73. The van der Waals surface area contributed by atoms with Crippen molar-refractivity contribution in [3.05, 3.63) is 35.4 Å². The zero-order valence-corrected chi connectivity index (χ0v) is 12.2. The van der Waals surface area contributed by atoms with E-state index >= 15 is 0 Å². The number of piperidine rings is 1. The van der Waals surface area contributed by atoms with Gasteiger partial charge in [0.05, 0.1) is 0 Å².